The summed E-state index contributed by atoms with van der Waals surface area (Å²) in [5, 5.41) is 19.5. The number of nitro benzene ring substituents is 1. The Kier molecular flexibility index (Phi) is 4.48. The van der Waals surface area contributed by atoms with E-state index in [1.54, 1.807) is 0 Å². The van der Waals surface area contributed by atoms with Crippen LogP contribution >= 0.6 is 0 Å². The predicted molar refractivity (Wildman–Crippen MR) is 71.9 cm³/mol. The average Bonchev–Trinajstić information content (AvgIpc) is 2.45. The van der Waals surface area contributed by atoms with Gasteiger partial charge in [0.25, 0.3) is 5.69 Å². The Morgan fingerprint density at radius 2 is 2.05 bits per heavy atom. The number of hydrogen-bond donors (Lipinski definition) is 0. The van der Waals surface area contributed by atoms with Crippen LogP contribution in [-0.4, -0.2) is 42.5 Å². The summed E-state index contributed by atoms with van der Waals surface area (Å²) >= 11 is 0. The van der Waals surface area contributed by atoms with E-state index >= 15 is 0 Å². The summed E-state index contributed by atoms with van der Waals surface area (Å²) < 4.78 is 13.1. The molecule has 0 atom stereocenters. The number of rotatable bonds is 4. The van der Waals surface area contributed by atoms with Crippen molar-refractivity contribution in [3.8, 4) is 6.07 Å². The van der Waals surface area contributed by atoms with Crippen LogP contribution in [0.25, 0.3) is 0 Å². The van der Waals surface area contributed by atoms with Gasteiger partial charge in [-0.05, 0) is 12.1 Å². The monoisotopic (exact) mass is 278 g/mol. The topological polar surface area (TPSA) is 73.4 Å². The molecule has 2 rings (SSSR count). The molecule has 0 N–H and O–H groups in total. The molecule has 0 unspecified atom stereocenters. The maximum Gasteiger partial charge on any atom is 0.295 e. The molecule has 1 aromatic carbocycles. The second kappa shape index (κ2) is 6.30. The number of anilines is 1. The van der Waals surface area contributed by atoms with Crippen LogP contribution in [0, 0.1) is 27.3 Å². The van der Waals surface area contributed by atoms with E-state index in [0.29, 0.717) is 25.2 Å². The highest BCUT2D eigenvalue weighted by molar-refractivity contribution is 5.63. The number of benzene rings is 1. The molecule has 0 spiro atoms. The van der Waals surface area contributed by atoms with Crippen molar-refractivity contribution in [2.75, 3.05) is 37.6 Å². The molecule has 0 aromatic heterocycles. The Labute approximate surface area is 116 Å². The Bertz CT molecular complexity index is 536. The minimum absolute atomic E-state index is 0.199. The van der Waals surface area contributed by atoms with Crippen LogP contribution in [0.15, 0.2) is 18.2 Å². The summed E-state index contributed by atoms with van der Waals surface area (Å²) in [4.78, 5) is 14.5. The van der Waals surface area contributed by atoms with Gasteiger partial charge in [0, 0.05) is 39.1 Å². The minimum Gasteiger partial charge on any atom is -0.363 e. The standard InChI is InChI=1S/C13H15FN4O2/c14-11-2-3-12(13(10-11)18(19)20)17-8-6-16(7-9-17)5-1-4-15/h2-3,10H,1,5-9H2. The van der Waals surface area contributed by atoms with E-state index < -0.39 is 10.7 Å². The van der Waals surface area contributed by atoms with Crippen molar-refractivity contribution >= 4 is 11.4 Å². The van der Waals surface area contributed by atoms with E-state index in [1.807, 2.05) is 4.90 Å². The average molecular weight is 278 g/mol. The zero-order chi connectivity index (χ0) is 14.5. The molecule has 106 valence electrons. The van der Waals surface area contributed by atoms with Gasteiger partial charge in [0.05, 0.1) is 17.1 Å². The van der Waals surface area contributed by atoms with Gasteiger partial charge in [-0.15, -0.1) is 0 Å². The molecule has 20 heavy (non-hydrogen) atoms. The van der Waals surface area contributed by atoms with Crippen molar-refractivity contribution in [2.45, 2.75) is 6.42 Å². The largest absolute Gasteiger partial charge is 0.363 e. The summed E-state index contributed by atoms with van der Waals surface area (Å²) in [6, 6.07) is 5.75. The molecule has 1 heterocycles. The molecule has 1 saturated heterocycles. The normalized spacial score (nSPS) is 15.9. The van der Waals surface area contributed by atoms with Gasteiger partial charge >= 0.3 is 0 Å². The Hall–Kier alpha value is -2.20. The van der Waals surface area contributed by atoms with E-state index in [-0.39, 0.29) is 5.69 Å². The van der Waals surface area contributed by atoms with Crippen molar-refractivity contribution in [2.24, 2.45) is 0 Å². The third-order valence-corrected chi connectivity index (χ3v) is 3.39. The van der Waals surface area contributed by atoms with E-state index in [9.17, 15) is 14.5 Å². The van der Waals surface area contributed by atoms with Gasteiger partial charge in [-0.1, -0.05) is 0 Å². The molecule has 0 saturated carbocycles. The van der Waals surface area contributed by atoms with Crippen LogP contribution in [0.1, 0.15) is 6.42 Å². The first-order chi connectivity index (χ1) is 9.61. The summed E-state index contributed by atoms with van der Waals surface area (Å²) in [5.74, 6) is -0.604. The molecule has 0 bridgehead atoms. The van der Waals surface area contributed by atoms with Crippen LogP contribution in [0.2, 0.25) is 0 Å². The lowest BCUT2D eigenvalue weighted by molar-refractivity contribution is -0.384. The van der Waals surface area contributed by atoms with Crippen molar-refractivity contribution in [3.63, 3.8) is 0 Å². The lowest BCUT2D eigenvalue weighted by Gasteiger charge is -2.35. The van der Waals surface area contributed by atoms with Crippen LogP contribution in [-0.2, 0) is 0 Å². The number of hydrogen-bond acceptors (Lipinski definition) is 5. The lowest BCUT2D eigenvalue weighted by atomic mass is 10.2. The van der Waals surface area contributed by atoms with Crippen molar-refractivity contribution < 1.29 is 9.31 Å². The predicted octanol–water partition coefficient (Wildman–Crippen LogP) is 1.77. The Morgan fingerprint density at radius 1 is 1.35 bits per heavy atom. The van der Waals surface area contributed by atoms with Crippen LogP contribution in [0.3, 0.4) is 0 Å². The third kappa shape index (κ3) is 3.22. The Morgan fingerprint density at radius 3 is 2.65 bits per heavy atom. The first kappa shape index (κ1) is 14.2. The van der Waals surface area contributed by atoms with E-state index in [1.165, 1.54) is 12.1 Å². The number of piperazine rings is 1. The molecule has 0 radical (unpaired) electrons. The van der Waals surface area contributed by atoms with Gasteiger partial charge in [0.2, 0.25) is 0 Å². The van der Waals surface area contributed by atoms with Gasteiger partial charge in [-0.25, -0.2) is 4.39 Å². The van der Waals surface area contributed by atoms with Crippen molar-refractivity contribution in [1.82, 2.24) is 4.90 Å². The van der Waals surface area contributed by atoms with Crippen LogP contribution < -0.4 is 4.90 Å². The first-order valence-electron chi connectivity index (χ1n) is 6.40. The zero-order valence-electron chi connectivity index (χ0n) is 11.0. The van der Waals surface area contributed by atoms with Gasteiger partial charge in [0.1, 0.15) is 11.5 Å². The molecule has 1 aliphatic rings. The molecule has 1 aliphatic heterocycles. The molecule has 6 nitrogen and oxygen atoms in total. The number of nitrogens with zero attached hydrogens (tertiary/aromatic N) is 4. The highest BCUT2D eigenvalue weighted by Gasteiger charge is 2.23. The summed E-state index contributed by atoms with van der Waals surface area (Å²) in [6.45, 7) is 3.48. The van der Waals surface area contributed by atoms with E-state index in [0.717, 1.165) is 25.7 Å². The lowest BCUT2D eigenvalue weighted by Crippen LogP contribution is -2.46. The quantitative estimate of drug-likeness (QED) is 0.620. The zero-order valence-corrected chi connectivity index (χ0v) is 11.0. The summed E-state index contributed by atoms with van der Waals surface area (Å²) in [5.41, 5.74) is 0.256. The minimum atomic E-state index is -0.604. The van der Waals surface area contributed by atoms with Crippen molar-refractivity contribution in [1.29, 1.82) is 5.26 Å². The highest BCUT2D eigenvalue weighted by Crippen LogP contribution is 2.29. The third-order valence-electron chi connectivity index (χ3n) is 3.39. The van der Waals surface area contributed by atoms with Crippen LogP contribution in [0.4, 0.5) is 15.8 Å². The van der Waals surface area contributed by atoms with Gasteiger partial charge in [-0.3, -0.25) is 15.0 Å². The summed E-state index contributed by atoms with van der Waals surface area (Å²) in [7, 11) is 0. The smallest absolute Gasteiger partial charge is 0.295 e. The van der Waals surface area contributed by atoms with Gasteiger partial charge in [0.15, 0.2) is 0 Å². The number of nitriles is 1. The van der Waals surface area contributed by atoms with Crippen molar-refractivity contribution in [3.05, 3.63) is 34.1 Å². The van der Waals surface area contributed by atoms with E-state index in [2.05, 4.69) is 11.0 Å². The Balaban J connectivity index is 2.07. The number of halogens is 1. The molecular formula is C13H15FN4O2. The molecular weight excluding hydrogens is 263 g/mol. The fraction of sp³-hybridized carbons (Fsp3) is 0.462. The molecule has 1 aromatic rings. The van der Waals surface area contributed by atoms with Gasteiger partial charge in [-0.2, -0.15) is 5.26 Å². The number of nitro groups is 1. The molecule has 0 aliphatic carbocycles. The van der Waals surface area contributed by atoms with Gasteiger partial charge < -0.3 is 4.90 Å². The fourth-order valence-electron chi connectivity index (χ4n) is 2.33. The van der Waals surface area contributed by atoms with Crippen LogP contribution in [0.5, 0.6) is 0 Å². The highest BCUT2D eigenvalue weighted by atomic mass is 19.1. The summed E-state index contributed by atoms with van der Waals surface area (Å²) in [6.07, 6.45) is 0.483. The first-order valence-corrected chi connectivity index (χ1v) is 6.40. The molecule has 1 fully saturated rings. The fourth-order valence-corrected chi connectivity index (χ4v) is 2.33. The second-order valence-electron chi connectivity index (χ2n) is 4.63. The molecule has 7 heteroatoms. The molecule has 0 amide bonds. The maximum atomic E-state index is 13.1. The van der Waals surface area contributed by atoms with E-state index in [4.69, 9.17) is 5.26 Å². The maximum absolute atomic E-state index is 13.1. The second-order valence-corrected chi connectivity index (χ2v) is 4.63. The SMILES string of the molecule is N#CCCN1CCN(c2ccc(F)cc2[N+](=O)[O-])CC1.